The van der Waals surface area contributed by atoms with Crippen molar-refractivity contribution in [1.82, 2.24) is 4.90 Å². The molecule has 152 valence electrons. The number of methoxy groups -OCH3 is 1. The van der Waals surface area contributed by atoms with Crippen LogP contribution in [0, 0.1) is 0 Å². The second kappa shape index (κ2) is 7.97. The molecule has 2 aliphatic rings. The minimum atomic E-state index is -1.85. The minimum absolute atomic E-state index is 0.297. The third-order valence-electron chi connectivity index (χ3n) is 5.84. The number of likely N-dealkylation sites (tertiary alicyclic amines) is 1. The summed E-state index contributed by atoms with van der Waals surface area (Å²) in [6, 6.07) is 14.0. The van der Waals surface area contributed by atoms with Gasteiger partial charge >= 0.3 is 0 Å². The molecule has 0 radical (unpaired) electrons. The highest BCUT2D eigenvalue weighted by atomic mass is 16.5. The number of fused-ring (bicyclic) bond motifs is 1. The molecule has 1 N–H and O–H groups in total. The maximum absolute atomic E-state index is 13.3. The van der Waals surface area contributed by atoms with Gasteiger partial charge in [0.15, 0.2) is 11.4 Å². The minimum Gasteiger partial charge on any atom is -0.497 e. The Morgan fingerprint density at radius 1 is 1.10 bits per heavy atom. The third-order valence-corrected chi connectivity index (χ3v) is 5.84. The van der Waals surface area contributed by atoms with E-state index in [1.165, 1.54) is 13.5 Å². The highest BCUT2D eigenvalue weighted by Crippen LogP contribution is 2.43. The van der Waals surface area contributed by atoms with Crippen LogP contribution in [0.2, 0.25) is 0 Å². The summed E-state index contributed by atoms with van der Waals surface area (Å²) >= 11 is 0. The summed E-state index contributed by atoms with van der Waals surface area (Å²) in [5, 5.41) is 11.4. The Labute approximate surface area is 170 Å². The third kappa shape index (κ3) is 3.66. The van der Waals surface area contributed by atoms with Crippen LogP contribution < -0.4 is 9.64 Å². The van der Waals surface area contributed by atoms with Gasteiger partial charge in [-0.15, -0.1) is 0 Å². The van der Waals surface area contributed by atoms with E-state index in [1.54, 1.807) is 41.3 Å². The molecule has 1 unspecified atom stereocenters. The van der Waals surface area contributed by atoms with Gasteiger partial charge in [-0.2, -0.15) is 0 Å². The predicted molar refractivity (Wildman–Crippen MR) is 110 cm³/mol. The Hall–Kier alpha value is -2.70. The first-order chi connectivity index (χ1) is 14.0. The fourth-order valence-corrected chi connectivity index (χ4v) is 4.25. The number of ketones is 1. The molecule has 0 aromatic heterocycles. The fraction of sp³-hybridized carbons (Fsp3) is 0.391. The predicted octanol–water partition coefficient (Wildman–Crippen LogP) is 2.95. The van der Waals surface area contributed by atoms with Crippen LogP contribution >= 0.6 is 0 Å². The van der Waals surface area contributed by atoms with Gasteiger partial charge in [0.1, 0.15) is 5.75 Å². The van der Waals surface area contributed by atoms with Crippen molar-refractivity contribution >= 4 is 17.4 Å². The normalized spacial score (nSPS) is 21.9. The number of ether oxygens (including phenoxy) is 1. The zero-order chi connectivity index (χ0) is 20.4. The van der Waals surface area contributed by atoms with Gasteiger partial charge in [0.05, 0.1) is 25.9 Å². The molecule has 0 aliphatic carbocycles. The summed E-state index contributed by atoms with van der Waals surface area (Å²) in [7, 11) is 1.53. The number of carbonyl (C=O) groups is 2. The maximum atomic E-state index is 13.3. The van der Waals surface area contributed by atoms with Crippen LogP contribution in [0.15, 0.2) is 48.5 Å². The summed E-state index contributed by atoms with van der Waals surface area (Å²) in [6.07, 6.45) is 3.14. The number of carbonyl (C=O) groups excluding carboxylic acids is 2. The molecule has 2 heterocycles. The number of nitrogens with zero attached hydrogens (tertiary/aromatic N) is 2. The van der Waals surface area contributed by atoms with E-state index < -0.39 is 11.5 Å². The van der Waals surface area contributed by atoms with Crippen LogP contribution in [0.1, 0.15) is 41.6 Å². The van der Waals surface area contributed by atoms with Gasteiger partial charge in [-0.05, 0) is 44.1 Å². The van der Waals surface area contributed by atoms with Crippen molar-refractivity contribution < 1.29 is 19.4 Å². The Morgan fingerprint density at radius 3 is 2.62 bits per heavy atom. The molecular weight excluding hydrogens is 368 g/mol. The van der Waals surface area contributed by atoms with E-state index in [1.807, 2.05) is 12.1 Å². The zero-order valence-corrected chi connectivity index (χ0v) is 16.6. The van der Waals surface area contributed by atoms with E-state index in [0.29, 0.717) is 29.2 Å². The summed E-state index contributed by atoms with van der Waals surface area (Å²) < 4.78 is 5.18. The quantitative estimate of drug-likeness (QED) is 0.763. The van der Waals surface area contributed by atoms with Crippen molar-refractivity contribution in [3.8, 4) is 5.75 Å². The molecule has 0 bridgehead atoms. The van der Waals surface area contributed by atoms with Gasteiger partial charge in [0, 0.05) is 11.1 Å². The van der Waals surface area contributed by atoms with Crippen LogP contribution in [-0.4, -0.2) is 48.6 Å². The number of anilines is 1. The molecule has 0 saturated carbocycles. The van der Waals surface area contributed by atoms with Crippen molar-refractivity contribution in [3.63, 3.8) is 0 Å². The molecule has 6 nitrogen and oxygen atoms in total. The van der Waals surface area contributed by atoms with E-state index in [9.17, 15) is 14.7 Å². The number of benzene rings is 2. The number of hydrogen-bond acceptors (Lipinski definition) is 5. The first-order valence-electron chi connectivity index (χ1n) is 10.1. The van der Waals surface area contributed by atoms with E-state index in [-0.39, 0.29) is 12.2 Å². The van der Waals surface area contributed by atoms with Gasteiger partial charge < -0.3 is 9.84 Å². The number of para-hydroxylation sites is 1. The number of rotatable bonds is 6. The largest absolute Gasteiger partial charge is 0.497 e. The fourth-order valence-electron chi connectivity index (χ4n) is 4.25. The smallest absolute Gasteiger partial charge is 0.265 e. The number of aliphatic hydroxyl groups is 1. The monoisotopic (exact) mass is 394 g/mol. The first kappa shape index (κ1) is 19.6. The molecule has 1 saturated heterocycles. The molecule has 29 heavy (non-hydrogen) atoms. The van der Waals surface area contributed by atoms with Gasteiger partial charge in [0.25, 0.3) is 5.91 Å². The Kier molecular flexibility index (Phi) is 5.39. The van der Waals surface area contributed by atoms with Crippen molar-refractivity contribution in [1.29, 1.82) is 0 Å². The summed E-state index contributed by atoms with van der Waals surface area (Å²) in [5.41, 5.74) is -0.258. The maximum Gasteiger partial charge on any atom is 0.265 e. The second-order valence-corrected chi connectivity index (χ2v) is 7.76. The van der Waals surface area contributed by atoms with E-state index in [2.05, 4.69) is 4.90 Å². The molecule has 2 aromatic carbocycles. The molecule has 2 aliphatic heterocycles. The van der Waals surface area contributed by atoms with Crippen molar-refractivity contribution in [2.75, 3.05) is 31.8 Å². The molecule has 4 rings (SSSR count). The molecule has 0 spiro atoms. The van der Waals surface area contributed by atoms with Crippen molar-refractivity contribution in [2.24, 2.45) is 0 Å². The SMILES string of the molecule is COc1cccc(C(=O)CC2(O)C(=O)N(CN3CCCCC3)c3ccccc32)c1. The number of piperidine rings is 1. The van der Waals surface area contributed by atoms with Crippen molar-refractivity contribution in [2.45, 2.75) is 31.3 Å². The van der Waals surface area contributed by atoms with E-state index in [4.69, 9.17) is 4.74 Å². The lowest BCUT2D eigenvalue weighted by Crippen LogP contribution is -2.47. The highest BCUT2D eigenvalue weighted by Gasteiger charge is 2.51. The lowest BCUT2D eigenvalue weighted by molar-refractivity contribution is -0.136. The van der Waals surface area contributed by atoms with E-state index in [0.717, 1.165) is 25.9 Å². The zero-order valence-electron chi connectivity index (χ0n) is 16.6. The molecule has 2 aromatic rings. The summed E-state index contributed by atoms with van der Waals surface area (Å²) in [5.74, 6) is -0.164. The van der Waals surface area contributed by atoms with Crippen LogP contribution in [0.4, 0.5) is 5.69 Å². The van der Waals surface area contributed by atoms with Crippen LogP contribution in [0.25, 0.3) is 0 Å². The number of Topliss-reactive ketones (excluding diaryl/α,β-unsaturated/α-hetero) is 1. The molecule has 1 amide bonds. The summed E-state index contributed by atoms with van der Waals surface area (Å²) in [4.78, 5) is 30.1. The van der Waals surface area contributed by atoms with Crippen LogP contribution in [0.5, 0.6) is 5.75 Å². The van der Waals surface area contributed by atoms with Crippen LogP contribution in [0.3, 0.4) is 0 Å². The molecule has 1 fully saturated rings. The highest BCUT2D eigenvalue weighted by molar-refractivity contribution is 6.10. The molecular formula is C23H26N2O4. The van der Waals surface area contributed by atoms with Gasteiger partial charge in [-0.3, -0.25) is 19.4 Å². The number of hydrogen-bond donors (Lipinski definition) is 1. The molecule has 6 heteroatoms. The average Bonchev–Trinajstić information content (AvgIpc) is 2.96. The Bertz CT molecular complexity index is 923. The average molecular weight is 394 g/mol. The molecule has 1 atom stereocenters. The van der Waals surface area contributed by atoms with E-state index >= 15 is 0 Å². The Morgan fingerprint density at radius 2 is 1.86 bits per heavy atom. The first-order valence-corrected chi connectivity index (χ1v) is 10.1. The lowest BCUT2D eigenvalue weighted by Gasteiger charge is -2.31. The lowest BCUT2D eigenvalue weighted by atomic mass is 9.88. The Balaban J connectivity index is 1.61. The standard InChI is InChI=1S/C23H26N2O4/c1-29-18-9-7-8-17(14-18)21(26)15-23(28)19-10-3-4-11-20(19)25(22(23)27)16-24-12-5-2-6-13-24/h3-4,7-11,14,28H,2,5-6,12-13,15-16H2,1H3. The number of amides is 1. The van der Waals surface area contributed by atoms with Crippen molar-refractivity contribution in [3.05, 3.63) is 59.7 Å². The van der Waals surface area contributed by atoms with Gasteiger partial charge in [0.2, 0.25) is 0 Å². The van der Waals surface area contributed by atoms with Gasteiger partial charge in [-0.25, -0.2) is 0 Å². The summed E-state index contributed by atoms with van der Waals surface area (Å²) in [6.45, 7) is 2.31. The van der Waals surface area contributed by atoms with Crippen LogP contribution in [-0.2, 0) is 10.4 Å². The van der Waals surface area contributed by atoms with Gasteiger partial charge in [-0.1, -0.05) is 36.8 Å². The topological polar surface area (TPSA) is 70.1 Å². The second-order valence-electron chi connectivity index (χ2n) is 7.76.